The number of hydrogen-bond donors (Lipinski definition) is 1. The van der Waals surface area contributed by atoms with Crippen molar-refractivity contribution in [3.05, 3.63) is 64.7 Å². The Morgan fingerprint density at radius 2 is 1.96 bits per heavy atom. The number of β-amino-alcohol motifs (C(OH)–C–C–N with tert-alkyl or cyclic N) is 1. The fourth-order valence-electron chi connectivity index (χ4n) is 3.23. The van der Waals surface area contributed by atoms with Crippen molar-refractivity contribution in [2.75, 3.05) is 18.1 Å². The number of benzene rings is 2. The van der Waals surface area contributed by atoms with Crippen molar-refractivity contribution < 1.29 is 9.90 Å². The second-order valence-electron chi connectivity index (χ2n) is 6.55. The summed E-state index contributed by atoms with van der Waals surface area (Å²) in [5.41, 5.74) is 3.27. The zero-order valence-corrected chi connectivity index (χ0v) is 15.8. The average Bonchev–Trinajstić information content (AvgIpc) is 2.77. The standard InChI is InChI=1S/C21H23ClN2O2/c1-3-14(2)19-21(26)24(11-12-25)18-10-9-16(22)13-17(18)20(23-19)15-7-5-4-6-8-15/h4-10,13-14,19,25H,3,11-12H2,1-2H3/t14-,19-/m0/s1. The molecule has 1 heterocycles. The zero-order valence-electron chi connectivity index (χ0n) is 15.0. The number of nitrogens with zero attached hydrogens (tertiary/aromatic N) is 2. The molecule has 0 spiro atoms. The summed E-state index contributed by atoms with van der Waals surface area (Å²) in [5.74, 6) is 0.00935. The van der Waals surface area contributed by atoms with E-state index in [9.17, 15) is 9.90 Å². The Morgan fingerprint density at radius 1 is 1.23 bits per heavy atom. The van der Waals surface area contributed by atoms with Crippen LogP contribution < -0.4 is 4.90 Å². The van der Waals surface area contributed by atoms with Gasteiger partial charge in [0.25, 0.3) is 5.91 Å². The molecule has 0 saturated heterocycles. The van der Waals surface area contributed by atoms with Crippen LogP contribution in [0.4, 0.5) is 5.69 Å². The third kappa shape index (κ3) is 3.53. The van der Waals surface area contributed by atoms with Crippen molar-refractivity contribution >= 4 is 28.9 Å². The minimum absolute atomic E-state index is 0.0806. The molecular formula is C21H23ClN2O2. The molecule has 3 rings (SSSR count). The molecule has 0 aromatic heterocycles. The van der Waals surface area contributed by atoms with Crippen molar-refractivity contribution in [3.63, 3.8) is 0 Å². The number of hydrogen-bond acceptors (Lipinski definition) is 3. The van der Waals surface area contributed by atoms with E-state index in [0.29, 0.717) is 5.02 Å². The molecule has 4 nitrogen and oxygen atoms in total. The lowest BCUT2D eigenvalue weighted by Gasteiger charge is -2.26. The van der Waals surface area contributed by atoms with E-state index in [4.69, 9.17) is 16.6 Å². The van der Waals surface area contributed by atoms with Gasteiger partial charge in [0.05, 0.1) is 18.0 Å². The molecule has 2 aromatic rings. The highest BCUT2D eigenvalue weighted by molar-refractivity contribution is 6.32. The van der Waals surface area contributed by atoms with Crippen LogP contribution >= 0.6 is 11.6 Å². The first-order valence-corrected chi connectivity index (χ1v) is 9.30. The van der Waals surface area contributed by atoms with Crippen LogP contribution in [0.5, 0.6) is 0 Å². The van der Waals surface area contributed by atoms with Gasteiger partial charge in [-0.3, -0.25) is 9.79 Å². The van der Waals surface area contributed by atoms with E-state index in [1.54, 1.807) is 11.0 Å². The van der Waals surface area contributed by atoms with Crippen LogP contribution in [0.25, 0.3) is 0 Å². The molecule has 1 aliphatic heterocycles. The van der Waals surface area contributed by atoms with Crippen molar-refractivity contribution in [3.8, 4) is 0 Å². The highest BCUT2D eigenvalue weighted by Crippen LogP contribution is 2.32. The quantitative estimate of drug-likeness (QED) is 0.866. The molecule has 1 aliphatic rings. The largest absolute Gasteiger partial charge is 0.395 e. The fourth-order valence-corrected chi connectivity index (χ4v) is 3.40. The van der Waals surface area contributed by atoms with Crippen molar-refractivity contribution in [1.82, 2.24) is 0 Å². The summed E-state index contributed by atoms with van der Waals surface area (Å²) in [7, 11) is 0. The predicted molar refractivity (Wildman–Crippen MR) is 106 cm³/mol. The van der Waals surface area contributed by atoms with Gasteiger partial charge in [0.1, 0.15) is 6.04 Å². The Balaban J connectivity index is 2.26. The lowest BCUT2D eigenvalue weighted by molar-refractivity contribution is -0.120. The van der Waals surface area contributed by atoms with Crippen LogP contribution in [0.2, 0.25) is 5.02 Å². The summed E-state index contributed by atoms with van der Waals surface area (Å²) in [4.78, 5) is 19.8. The second kappa shape index (κ2) is 8.02. The molecule has 26 heavy (non-hydrogen) atoms. The summed E-state index contributed by atoms with van der Waals surface area (Å²) in [5, 5.41) is 10.1. The maximum atomic E-state index is 13.2. The Hall–Kier alpha value is -2.17. The van der Waals surface area contributed by atoms with Gasteiger partial charge in [-0.05, 0) is 24.1 Å². The molecule has 0 unspecified atom stereocenters. The number of benzodiazepines with no additional fused rings is 1. The van der Waals surface area contributed by atoms with E-state index < -0.39 is 6.04 Å². The number of aliphatic imine (C=N–C) groups is 1. The number of fused-ring (bicyclic) bond motifs is 1. The number of anilines is 1. The molecule has 136 valence electrons. The summed E-state index contributed by atoms with van der Waals surface area (Å²) in [6, 6.07) is 14.8. The van der Waals surface area contributed by atoms with Gasteiger partial charge in [0.2, 0.25) is 0 Å². The van der Waals surface area contributed by atoms with Gasteiger partial charge in [-0.2, -0.15) is 0 Å². The van der Waals surface area contributed by atoms with E-state index >= 15 is 0 Å². The summed E-state index contributed by atoms with van der Waals surface area (Å²) < 4.78 is 0. The van der Waals surface area contributed by atoms with Gasteiger partial charge in [-0.15, -0.1) is 0 Å². The Morgan fingerprint density at radius 3 is 2.62 bits per heavy atom. The van der Waals surface area contributed by atoms with Gasteiger partial charge in [-0.25, -0.2) is 0 Å². The number of amides is 1. The lowest BCUT2D eigenvalue weighted by atomic mass is 9.98. The smallest absolute Gasteiger partial charge is 0.252 e. The van der Waals surface area contributed by atoms with Gasteiger partial charge in [-0.1, -0.05) is 62.2 Å². The molecule has 0 fully saturated rings. The van der Waals surface area contributed by atoms with E-state index in [0.717, 1.165) is 28.9 Å². The first kappa shape index (κ1) is 18.6. The van der Waals surface area contributed by atoms with Crippen molar-refractivity contribution in [2.45, 2.75) is 26.3 Å². The number of carbonyl (C=O) groups is 1. The predicted octanol–water partition coefficient (Wildman–Crippen LogP) is 3.93. The van der Waals surface area contributed by atoms with Crippen LogP contribution in [0.1, 0.15) is 31.4 Å². The maximum absolute atomic E-state index is 13.2. The SMILES string of the molecule is CC[C@H](C)[C@@H]1N=C(c2ccccc2)c2cc(Cl)ccc2N(CCO)C1=O. The fraction of sp³-hybridized carbons (Fsp3) is 0.333. The summed E-state index contributed by atoms with van der Waals surface area (Å²) in [6.45, 7) is 4.22. The first-order chi connectivity index (χ1) is 12.6. The minimum Gasteiger partial charge on any atom is -0.395 e. The van der Waals surface area contributed by atoms with Crippen molar-refractivity contribution in [1.29, 1.82) is 0 Å². The topological polar surface area (TPSA) is 52.9 Å². The molecule has 0 saturated carbocycles. The van der Waals surface area contributed by atoms with E-state index in [1.165, 1.54) is 0 Å². The van der Waals surface area contributed by atoms with Crippen LogP contribution in [-0.2, 0) is 4.79 Å². The first-order valence-electron chi connectivity index (χ1n) is 8.92. The monoisotopic (exact) mass is 370 g/mol. The van der Waals surface area contributed by atoms with Gasteiger partial charge in [0, 0.05) is 22.7 Å². The number of carbonyl (C=O) groups excluding carboxylic acids is 1. The Labute approximate surface area is 159 Å². The van der Waals surface area contributed by atoms with Crippen LogP contribution in [-0.4, -0.2) is 35.9 Å². The van der Waals surface area contributed by atoms with E-state index in [-0.39, 0.29) is 25.0 Å². The van der Waals surface area contributed by atoms with Gasteiger partial charge < -0.3 is 10.0 Å². The maximum Gasteiger partial charge on any atom is 0.252 e. The van der Waals surface area contributed by atoms with Gasteiger partial charge >= 0.3 is 0 Å². The molecule has 1 N–H and O–H groups in total. The number of aliphatic hydroxyl groups is 1. The second-order valence-corrected chi connectivity index (χ2v) is 6.99. The van der Waals surface area contributed by atoms with Crippen LogP contribution in [0.15, 0.2) is 53.5 Å². The summed E-state index contributed by atoms with van der Waals surface area (Å²) >= 11 is 6.26. The molecule has 5 heteroatoms. The molecule has 1 amide bonds. The van der Waals surface area contributed by atoms with E-state index in [2.05, 4.69) is 6.92 Å². The van der Waals surface area contributed by atoms with Crippen LogP contribution in [0.3, 0.4) is 0 Å². The van der Waals surface area contributed by atoms with Crippen LogP contribution in [0, 0.1) is 5.92 Å². The Bertz CT molecular complexity index is 820. The minimum atomic E-state index is -0.493. The lowest BCUT2D eigenvalue weighted by Crippen LogP contribution is -2.42. The Kier molecular flexibility index (Phi) is 5.74. The van der Waals surface area contributed by atoms with Gasteiger partial charge in [0.15, 0.2) is 0 Å². The third-order valence-electron chi connectivity index (χ3n) is 4.85. The van der Waals surface area contributed by atoms with E-state index in [1.807, 2.05) is 49.4 Å². The normalized spacial score (nSPS) is 18.2. The molecule has 2 atom stereocenters. The number of rotatable bonds is 5. The molecule has 0 aliphatic carbocycles. The molecule has 0 radical (unpaired) electrons. The highest BCUT2D eigenvalue weighted by atomic mass is 35.5. The summed E-state index contributed by atoms with van der Waals surface area (Å²) in [6.07, 6.45) is 0.839. The molecule has 2 aromatic carbocycles. The highest BCUT2D eigenvalue weighted by Gasteiger charge is 2.34. The average molecular weight is 371 g/mol. The molecule has 0 bridgehead atoms. The zero-order chi connectivity index (χ0) is 18.7. The van der Waals surface area contributed by atoms with Crippen molar-refractivity contribution in [2.24, 2.45) is 10.9 Å². The number of aliphatic hydroxyl groups excluding tert-OH is 1. The molecular weight excluding hydrogens is 348 g/mol. The third-order valence-corrected chi connectivity index (χ3v) is 5.08. The number of halogens is 1.